The van der Waals surface area contributed by atoms with E-state index in [9.17, 15) is 9.59 Å². The first kappa shape index (κ1) is 25.0. The molecule has 0 spiro atoms. The lowest BCUT2D eigenvalue weighted by molar-refractivity contribution is -0.133. The number of guanidine groups is 1. The van der Waals surface area contributed by atoms with Crippen LogP contribution in [0, 0.1) is 11.8 Å². The van der Waals surface area contributed by atoms with Crippen molar-refractivity contribution in [3.8, 4) is 0 Å². The third kappa shape index (κ3) is 8.53. The van der Waals surface area contributed by atoms with E-state index in [1.165, 1.54) is 25.7 Å². The van der Waals surface area contributed by atoms with Gasteiger partial charge in [0.15, 0.2) is 5.96 Å². The molecular formula is C20H38IN5O2. The molecule has 28 heavy (non-hydrogen) atoms. The first-order valence-electron chi connectivity index (χ1n) is 10.6. The predicted octanol–water partition coefficient (Wildman–Crippen LogP) is 2.11. The molecule has 7 nitrogen and oxygen atoms in total. The Labute approximate surface area is 186 Å². The van der Waals surface area contributed by atoms with Gasteiger partial charge in [-0.05, 0) is 32.1 Å². The molecule has 1 saturated heterocycles. The van der Waals surface area contributed by atoms with Crippen molar-refractivity contribution in [3.63, 3.8) is 0 Å². The van der Waals surface area contributed by atoms with Crippen LogP contribution in [0.4, 0.5) is 0 Å². The number of halogens is 1. The van der Waals surface area contributed by atoms with E-state index in [0.717, 1.165) is 32.0 Å². The van der Waals surface area contributed by atoms with Crippen molar-refractivity contribution in [1.82, 2.24) is 20.9 Å². The van der Waals surface area contributed by atoms with E-state index in [2.05, 4.69) is 20.9 Å². The maximum atomic E-state index is 12.1. The summed E-state index contributed by atoms with van der Waals surface area (Å²) in [5.74, 6) is 1.73. The second-order valence-electron chi connectivity index (χ2n) is 8.03. The summed E-state index contributed by atoms with van der Waals surface area (Å²) in [5.41, 5.74) is 0. The molecular weight excluding hydrogens is 469 g/mol. The van der Waals surface area contributed by atoms with E-state index in [0.29, 0.717) is 25.4 Å². The van der Waals surface area contributed by atoms with Crippen LogP contribution in [0.3, 0.4) is 0 Å². The van der Waals surface area contributed by atoms with Gasteiger partial charge in [-0.1, -0.05) is 26.7 Å². The number of hydrogen-bond acceptors (Lipinski definition) is 3. The molecule has 0 radical (unpaired) electrons. The van der Waals surface area contributed by atoms with Crippen LogP contribution in [0.15, 0.2) is 4.99 Å². The summed E-state index contributed by atoms with van der Waals surface area (Å²) in [7, 11) is 0. The SMILES string of the molecule is CCNC(=NCCNC(=O)CC1CCCC1)NC1CCN(C(=O)C(C)C)C1.I. The third-order valence-electron chi connectivity index (χ3n) is 5.33. The number of nitrogens with one attached hydrogen (secondary N) is 3. The minimum absolute atomic E-state index is 0. The fourth-order valence-corrected chi connectivity index (χ4v) is 3.87. The van der Waals surface area contributed by atoms with Gasteiger partial charge in [0.25, 0.3) is 0 Å². The molecule has 0 aromatic rings. The average Bonchev–Trinajstić information content (AvgIpc) is 3.30. The van der Waals surface area contributed by atoms with Crippen LogP contribution in [-0.4, -0.2) is 61.4 Å². The molecule has 2 fully saturated rings. The van der Waals surface area contributed by atoms with Crippen LogP contribution in [-0.2, 0) is 9.59 Å². The van der Waals surface area contributed by atoms with Crippen molar-refractivity contribution >= 4 is 41.8 Å². The molecule has 1 aliphatic carbocycles. The summed E-state index contributed by atoms with van der Waals surface area (Å²) in [5, 5.41) is 9.65. The minimum atomic E-state index is 0. The van der Waals surface area contributed by atoms with Gasteiger partial charge in [-0.25, -0.2) is 0 Å². The van der Waals surface area contributed by atoms with Crippen LogP contribution < -0.4 is 16.0 Å². The maximum Gasteiger partial charge on any atom is 0.225 e. The van der Waals surface area contributed by atoms with Crippen LogP contribution in [0.25, 0.3) is 0 Å². The molecule has 1 atom stereocenters. The quantitative estimate of drug-likeness (QED) is 0.203. The highest BCUT2D eigenvalue weighted by atomic mass is 127. The van der Waals surface area contributed by atoms with Gasteiger partial charge in [0.2, 0.25) is 11.8 Å². The fourth-order valence-electron chi connectivity index (χ4n) is 3.87. The largest absolute Gasteiger partial charge is 0.357 e. The topological polar surface area (TPSA) is 85.8 Å². The van der Waals surface area contributed by atoms with Crippen molar-refractivity contribution in [3.05, 3.63) is 0 Å². The van der Waals surface area contributed by atoms with Gasteiger partial charge in [-0.3, -0.25) is 14.6 Å². The Morgan fingerprint density at radius 2 is 1.86 bits per heavy atom. The Bertz CT molecular complexity index is 521. The number of amides is 2. The van der Waals surface area contributed by atoms with Crippen molar-refractivity contribution in [2.75, 3.05) is 32.7 Å². The van der Waals surface area contributed by atoms with E-state index >= 15 is 0 Å². The molecule has 1 aliphatic heterocycles. The summed E-state index contributed by atoms with van der Waals surface area (Å²) in [6.45, 7) is 9.32. The van der Waals surface area contributed by atoms with Gasteiger partial charge < -0.3 is 20.9 Å². The Hall–Kier alpha value is -1.06. The lowest BCUT2D eigenvalue weighted by Gasteiger charge is -2.20. The summed E-state index contributed by atoms with van der Waals surface area (Å²) >= 11 is 0. The van der Waals surface area contributed by atoms with Crippen LogP contribution in [0.5, 0.6) is 0 Å². The van der Waals surface area contributed by atoms with Crippen LogP contribution in [0.2, 0.25) is 0 Å². The zero-order valence-electron chi connectivity index (χ0n) is 17.6. The first-order valence-corrected chi connectivity index (χ1v) is 10.6. The lowest BCUT2D eigenvalue weighted by Crippen LogP contribution is -2.45. The van der Waals surface area contributed by atoms with E-state index in [1.54, 1.807) is 0 Å². The van der Waals surface area contributed by atoms with E-state index in [4.69, 9.17) is 0 Å². The predicted molar refractivity (Wildman–Crippen MR) is 124 cm³/mol. The van der Waals surface area contributed by atoms with Crippen molar-refractivity contribution in [2.45, 2.75) is 65.3 Å². The van der Waals surface area contributed by atoms with Gasteiger partial charge in [-0.2, -0.15) is 0 Å². The molecule has 0 bridgehead atoms. The lowest BCUT2D eigenvalue weighted by atomic mass is 10.0. The van der Waals surface area contributed by atoms with Crippen LogP contribution >= 0.6 is 24.0 Å². The van der Waals surface area contributed by atoms with E-state index in [-0.39, 0.29) is 47.8 Å². The summed E-state index contributed by atoms with van der Waals surface area (Å²) in [4.78, 5) is 30.6. The Kier molecular flexibility index (Phi) is 11.8. The van der Waals surface area contributed by atoms with Crippen molar-refractivity contribution in [2.24, 2.45) is 16.8 Å². The van der Waals surface area contributed by atoms with Gasteiger partial charge in [0, 0.05) is 44.6 Å². The zero-order chi connectivity index (χ0) is 19.6. The van der Waals surface area contributed by atoms with Crippen molar-refractivity contribution in [1.29, 1.82) is 0 Å². The molecule has 0 aromatic carbocycles. The van der Waals surface area contributed by atoms with Crippen molar-refractivity contribution < 1.29 is 9.59 Å². The average molecular weight is 507 g/mol. The van der Waals surface area contributed by atoms with Crippen LogP contribution in [0.1, 0.15) is 59.3 Å². The second kappa shape index (κ2) is 13.2. The molecule has 2 rings (SSSR count). The standard InChI is InChI=1S/C20H37N5O2.HI/c1-4-21-20(24-17-9-12-25(14-17)19(27)15(2)3)23-11-10-22-18(26)13-16-7-5-6-8-16;/h15-17H,4-14H2,1-3H3,(H,22,26)(H2,21,23,24);1H. The molecule has 2 aliphatic rings. The normalized spacial score (nSPS) is 20.2. The van der Waals surface area contributed by atoms with Gasteiger partial charge in [-0.15, -0.1) is 24.0 Å². The van der Waals surface area contributed by atoms with Gasteiger partial charge >= 0.3 is 0 Å². The molecule has 0 aromatic heterocycles. The van der Waals surface area contributed by atoms with E-state index < -0.39 is 0 Å². The summed E-state index contributed by atoms with van der Waals surface area (Å²) < 4.78 is 0. The fraction of sp³-hybridized carbons (Fsp3) is 0.850. The number of aliphatic imine (C=N–C) groups is 1. The van der Waals surface area contributed by atoms with E-state index in [1.807, 2.05) is 25.7 Å². The molecule has 8 heteroatoms. The minimum Gasteiger partial charge on any atom is -0.357 e. The molecule has 2 amide bonds. The first-order chi connectivity index (χ1) is 13.0. The maximum absolute atomic E-state index is 12.1. The van der Waals surface area contributed by atoms with Gasteiger partial charge in [0.05, 0.1) is 6.54 Å². The van der Waals surface area contributed by atoms with Gasteiger partial charge in [0.1, 0.15) is 0 Å². The molecule has 3 N–H and O–H groups in total. The molecule has 1 saturated carbocycles. The number of rotatable bonds is 8. The molecule has 162 valence electrons. The summed E-state index contributed by atoms with van der Waals surface area (Å²) in [6, 6.07) is 0.224. The monoisotopic (exact) mass is 507 g/mol. The third-order valence-corrected chi connectivity index (χ3v) is 5.33. The Morgan fingerprint density at radius 1 is 1.14 bits per heavy atom. The number of carbonyl (C=O) groups is 2. The summed E-state index contributed by atoms with van der Waals surface area (Å²) in [6.07, 6.45) is 6.50. The second-order valence-corrected chi connectivity index (χ2v) is 8.03. The Morgan fingerprint density at radius 3 is 2.50 bits per heavy atom. The number of likely N-dealkylation sites (tertiary alicyclic amines) is 1. The Balaban J connectivity index is 0.00000392. The number of hydrogen-bond donors (Lipinski definition) is 3. The highest BCUT2D eigenvalue weighted by Gasteiger charge is 2.27. The molecule has 1 unspecified atom stereocenters. The highest BCUT2D eigenvalue weighted by Crippen LogP contribution is 2.27. The molecule has 1 heterocycles. The smallest absolute Gasteiger partial charge is 0.225 e. The number of nitrogens with zero attached hydrogens (tertiary/aromatic N) is 2. The zero-order valence-corrected chi connectivity index (χ0v) is 20.0. The highest BCUT2D eigenvalue weighted by molar-refractivity contribution is 14.0. The number of carbonyl (C=O) groups excluding carboxylic acids is 2.